The van der Waals surface area contributed by atoms with E-state index >= 15 is 0 Å². The molecule has 0 aliphatic rings. The van der Waals surface area contributed by atoms with E-state index in [4.69, 9.17) is 0 Å². The first-order chi connectivity index (χ1) is 5.27. The molecule has 2 nitrogen and oxygen atoms in total. The molecule has 0 amide bonds. The zero-order chi connectivity index (χ0) is 8.53. The Kier molecular flexibility index (Phi) is 7.61. The average molecular weight is 172 g/mol. The van der Waals surface area contributed by atoms with Crippen molar-refractivity contribution in [3.63, 3.8) is 0 Å². The Morgan fingerprint density at radius 2 is 1.64 bits per heavy atom. The first-order valence-electron chi connectivity index (χ1n) is 3.27. The van der Waals surface area contributed by atoms with Crippen LogP contribution in [0.25, 0.3) is 0 Å². The summed E-state index contributed by atoms with van der Waals surface area (Å²) >= 11 is 0. The quantitative estimate of drug-likeness (QED) is 0.538. The Labute approximate surface area is 63.3 Å². The van der Waals surface area contributed by atoms with Gasteiger partial charge in [-0.05, 0) is 0 Å². The highest BCUT2D eigenvalue weighted by molar-refractivity contribution is 4.34. The molecule has 5 heteroatoms. The zero-order valence-corrected chi connectivity index (χ0v) is 6.06. The van der Waals surface area contributed by atoms with Crippen LogP contribution in [-0.4, -0.2) is 39.5 Å². The second kappa shape index (κ2) is 7.81. The molecule has 11 heavy (non-hydrogen) atoms. The van der Waals surface area contributed by atoms with Gasteiger partial charge in [0.2, 0.25) is 0 Å². The van der Waals surface area contributed by atoms with Crippen molar-refractivity contribution in [3.8, 4) is 0 Å². The normalized spacial score (nSPS) is 10.9. The third-order valence-corrected chi connectivity index (χ3v) is 0.837. The van der Waals surface area contributed by atoms with E-state index in [1.807, 2.05) is 0 Å². The van der Waals surface area contributed by atoms with Gasteiger partial charge in [-0.2, -0.15) is 0 Å². The summed E-state index contributed by atoms with van der Waals surface area (Å²) in [5.74, 6) is 0. The van der Waals surface area contributed by atoms with Gasteiger partial charge in [0.05, 0.1) is 19.8 Å². The second-order valence-corrected chi connectivity index (χ2v) is 1.77. The summed E-state index contributed by atoms with van der Waals surface area (Å²) in [6.45, 7) is -0.896. The van der Waals surface area contributed by atoms with Crippen LogP contribution in [0.5, 0.6) is 0 Å². The maximum atomic E-state index is 11.4. The van der Waals surface area contributed by atoms with Crippen molar-refractivity contribution in [2.24, 2.45) is 0 Å². The number of hydrogen-bond donors (Lipinski definition) is 0. The van der Waals surface area contributed by atoms with Crippen LogP contribution in [0.4, 0.5) is 13.2 Å². The van der Waals surface area contributed by atoms with Gasteiger partial charge in [0.25, 0.3) is 6.43 Å². The minimum absolute atomic E-state index is 0.00195. The van der Waals surface area contributed by atoms with E-state index in [0.29, 0.717) is 0 Å². The van der Waals surface area contributed by atoms with Crippen LogP contribution < -0.4 is 0 Å². The van der Waals surface area contributed by atoms with Gasteiger partial charge in [-0.25, -0.2) is 13.2 Å². The maximum Gasteiger partial charge on any atom is 0.261 e. The molecule has 0 spiro atoms. The van der Waals surface area contributed by atoms with E-state index in [9.17, 15) is 13.2 Å². The first-order valence-corrected chi connectivity index (χ1v) is 3.27. The van der Waals surface area contributed by atoms with Crippen LogP contribution in [0, 0.1) is 0 Å². The fourth-order valence-corrected chi connectivity index (χ4v) is 0.447. The van der Waals surface area contributed by atoms with E-state index in [1.165, 1.54) is 0 Å². The molecule has 0 atom stereocenters. The average Bonchev–Trinajstić information content (AvgIpc) is 1.96. The summed E-state index contributed by atoms with van der Waals surface area (Å²) in [7, 11) is 0. The summed E-state index contributed by atoms with van der Waals surface area (Å²) < 4.78 is 43.2. The molecule has 0 aliphatic carbocycles. The van der Waals surface area contributed by atoms with Crippen molar-refractivity contribution in [3.05, 3.63) is 0 Å². The number of rotatable bonds is 7. The second-order valence-electron chi connectivity index (χ2n) is 1.77. The molecule has 0 saturated heterocycles. The molecule has 0 heterocycles. The van der Waals surface area contributed by atoms with Gasteiger partial charge in [-0.1, -0.05) is 0 Å². The predicted octanol–water partition coefficient (Wildman–Crippen LogP) is 1.25. The van der Waals surface area contributed by atoms with Crippen LogP contribution in [0.2, 0.25) is 0 Å². The fourth-order valence-electron chi connectivity index (χ4n) is 0.447. The van der Waals surface area contributed by atoms with Gasteiger partial charge < -0.3 is 9.47 Å². The Morgan fingerprint density at radius 1 is 1.00 bits per heavy atom. The molecule has 0 bridgehead atoms. The van der Waals surface area contributed by atoms with Crippen LogP contribution in [0.15, 0.2) is 0 Å². The van der Waals surface area contributed by atoms with Gasteiger partial charge in [0.15, 0.2) is 0 Å². The highest BCUT2D eigenvalue weighted by Gasteiger charge is 2.00. The molecule has 0 radical (unpaired) electrons. The summed E-state index contributed by atoms with van der Waals surface area (Å²) in [6.07, 6.45) is -2.45. The third kappa shape index (κ3) is 9.71. The number of halogens is 3. The topological polar surface area (TPSA) is 18.5 Å². The predicted molar refractivity (Wildman–Crippen MR) is 33.6 cm³/mol. The molecule has 0 aromatic rings. The summed E-state index contributed by atoms with van der Waals surface area (Å²) in [4.78, 5) is 0. The van der Waals surface area contributed by atoms with Crippen LogP contribution in [0.1, 0.15) is 0 Å². The Hall–Kier alpha value is -0.290. The highest BCUT2D eigenvalue weighted by atomic mass is 19.3. The minimum atomic E-state index is -2.45. The molecule has 0 fully saturated rings. The number of hydrogen-bond acceptors (Lipinski definition) is 2. The van der Waals surface area contributed by atoms with Crippen molar-refractivity contribution < 1.29 is 22.6 Å². The molecule has 0 aliphatic heterocycles. The lowest BCUT2D eigenvalue weighted by Crippen LogP contribution is -2.10. The van der Waals surface area contributed by atoms with E-state index < -0.39 is 19.7 Å². The Balaban J connectivity index is 2.80. The van der Waals surface area contributed by atoms with Crippen molar-refractivity contribution in [1.29, 1.82) is 0 Å². The molecular formula is C6H11F3O2. The molecule has 0 aromatic carbocycles. The summed E-state index contributed by atoms with van der Waals surface area (Å²) in [5, 5.41) is 0. The lowest BCUT2D eigenvalue weighted by atomic mass is 10.7. The van der Waals surface area contributed by atoms with Gasteiger partial charge in [-0.3, -0.25) is 0 Å². The molecule has 0 N–H and O–H groups in total. The molecule has 68 valence electrons. The lowest BCUT2D eigenvalue weighted by Gasteiger charge is -2.02. The van der Waals surface area contributed by atoms with Crippen LogP contribution in [0.3, 0.4) is 0 Å². The van der Waals surface area contributed by atoms with Gasteiger partial charge in [0, 0.05) is 0 Å². The van der Waals surface area contributed by atoms with Gasteiger partial charge >= 0.3 is 0 Å². The first kappa shape index (κ1) is 10.7. The van der Waals surface area contributed by atoms with Crippen LogP contribution >= 0.6 is 0 Å². The Morgan fingerprint density at radius 3 is 2.18 bits per heavy atom. The molecular weight excluding hydrogens is 161 g/mol. The summed E-state index contributed by atoms with van der Waals surface area (Å²) in [5.41, 5.74) is 0. The van der Waals surface area contributed by atoms with Gasteiger partial charge in [0.1, 0.15) is 13.3 Å². The van der Waals surface area contributed by atoms with E-state index in [0.717, 1.165) is 0 Å². The van der Waals surface area contributed by atoms with Crippen molar-refractivity contribution in [1.82, 2.24) is 0 Å². The maximum absolute atomic E-state index is 11.4. The highest BCUT2D eigenvalue weighted by Crippen LogP contribution is 1.91. The van der Waals surface area contributed by atoms with Gasteiger partial charge in [-0.15, -0.1) is 0 Å². The van der Waals surface area contributed by atoms with E-state index in [2.05, 4.69) is 9.47 Å². The van der Waals surface area contributed by atoms with Crippen molar-refractivity contribution >= 4 is 0 Å². The minimum Gasteiger partial charge on any atom is -0.376 e. The largest absolute Gasteiger partial charge is 0.376 e. The zero-order valence-electron chi connectivity index (χ0n) is 6.06. The standard InChI is InChI=1S/C6H11F3O2/c7-1-2-10-3-4-11-5-6(8)9/h6H,1-5H2. The Bertz CT molecular complexity index is 80.2. The molecule has 0 unspecified atom stereocenters. The number of alkyl halides is 3. The monoisotopic (exact) mass is 172 g/mol. The lowest BCUT2D eigenvalue weighted by molar-refractivity contribution is -0.0105. The fraction of sp³-hybridized carbons (Fsp3) is 1.00. The van der Waals surface area contributed by atoms with Crippen LogP contribution in [-0.2, 0) is 9.47 Å². The summed E-state index contributed by atoms with van der Waals surface area (Å²) in [6, 6.07) is 0. The molecule has 0 rings (SSSR count). The van der Waals surface area contributed by atoms with E-state index in [1.54, 1.807) is 0 Å². The molecule has 0 saturated carbocycles. The number of ether oxygens (including phenoxy) is 2. The van der Waals surface area contributed by atoms with Crippen molar-refractivity contribution in [2.75, 3.05) is 33.1 Å². The van der Waals surface area contributed by atoms with E-state index in [-0.39, 0.29) is 19.8 Å². The third-order valence-electron chi connectivity index (χ3n) is 0.837. The smallest absolute Gasteiger partial charge is 0.261 e. The van der Waals surface area contributed by atoms with Crippen molar-refractivity contribution in [2.45, 2.75) is 6.43 Å². The SMILES string of the molecule is FCCOCCOCC(F)F. The molecule has 0 aromatic heterocycles.